The van der Waals surface area contributed by atoms with E-state index in [-0.39, 0.29) is 17.5 Å². The molecule has 2 heterocycles. The molecule has 0 aromatic heterocycles. The van der Waals surface area contributed by atoms with Crippen molar-refractivity contribution in [2.24, 2.45) is 5.92 Å². The zero-order valence-electron chi connectivity index (χ0n) is 9.51. The Kier molecular flexibility index (Phi) is 3.26. The summed E-state index contributed by atoms with van der Waals surface area (Å²) in [5, 5.41) is 6.66. The Morgan fingerprint density at radius 2 is 2.07 bits per heavy atom. The van der Waals surface area contributed by atoms with Crippen LogP contribution in [0.25, 0.3) is 0 Å². The van der Waals surface area contributed by atoms with Gasteiger partial charge in [-0.1, -0.05) is 13.8 Å². The van der Waals surface area contributed by atoms with Crippen molar-refractivity contribution in [3.05, 3.63) is 0 Å². The fraction of sp³-hybridized carbons (Fsp3) is 0.909. The lowest BCUT2D eigenvalue weighted by Gasteiger charge is -2.45. The third-order valence-electron chi connectivity index (χ3n) is 3.46. The molecular formula is C11H20N2OS. The van der Waals surface area contributed by atoms with E-state index in [9.17, 15) is 4.79 Å². The van der Waals surface area contributed by atoms with Crippen LogP contribution in [0, 0.1) is 5.92 Å². The average molecular weight is 228 g/mol. The molecule has 0 saturated carbocycles. The molecule has 2 N–H and O–H groups in total. The quantitative estimate of drug-likeness (QED) is 0.703. The molecule has 1 amide bonds. The highest BCUT2D eigenvalue weighted by molar-refractivity contribution is 7.99. The van der Waals surface area contributed by atoms with Crippen LogP contribution in [0.2, 0.25) is 0 Å². The number of piperazine rings is 1. The van der Waals surface area contributed by atoms with Gasteiger partial charge in [-0.3, -0.25) is 10.1 Å². The van der Waals surface area contributed by atoms with E-state index in [0.717, 1.165) is 6.54 Å². The third kappa shape index (κ3) is 2.31. The van der Waals surface area contributed by atoms with Gasteiger partial charge in [0.15, 0.2) is 0 Å². The number of nitrogens with one attached hydrogen (secondary N) is 2. The van der Waals surface area contributed by atoms with Gasteiger partial charge in [0.1, 0.15) is 0 Å². The standard InChI is InChI=1S/C11H20N2OS/c1-8(2)9-10(14)12-7-11(13-9)3-5-15-6-4-11/h8-9,13H,3-7H2,1-2H3,(H,12,14)/t9-/m0/s1. The van der Waals surface area contributed by atoms with E-state index in [1.807, 2.05) is 11.8 Å². The van der Waals surface area contributed by atoms with Crippen LogP contribution in [0.15, 0.2) is 0 Å². The summed E-state index contributed by atoms with van der Waals surface area (Å²) in [6.07, 6.45) is 2.36. The first kappa shape index (κ1) is 11.3. The van der Waals surface area contributed by atoms with Crippen molar-refractivity contribution in [3.8, 4) is 0 Å². The Labute approximate surface area is 95.8 Å². The second-order valence-corrected chi connectivity index (χ2v) is 6.20. The minimum atomic E-state index is 0.00171. The van der Waals surface area contributed by atoms with E-state index < -0.39 is 0 Å². The smallest absolute Gasteiger partial charge is 0.237 e. The fourth-order valence-electron chi connectivity index (χ4n) is 2.37. The molecule has 0 aromatic rings. The van der Waals surface area contributed by atoms with E-state index in [1.165, 1.54) is 24.3 Å². The van der Waals surface area contributed by atoms with E-state index >= 15 is 0 Å². The number of carbonyl (C=O) groups is 1. The van der Waals surface area contributed by atoms with Crippen LogP contribution in [0.4, 0.5) is 0 Å². The number of rotatable bonds is 1. The SMILES string of the molecule is CC(C)[C@@H]1NC2(CCSCC2)CNC1=O. The van der Waals surface area contributed by atoms with Crippen molar-refractivity contribution in [3.63, 3.8) is 0 Å². The molecule has 1 atom stereocenters. The van der Waals surface area contributed by atoms with Gasteiger partial charge in [-0.05, 0) is 30.3 Å². The molecule has 0 radical (unpaired) electrons. The summed E-state index contributed by atoms with van der Waals surface area (Å²) in [6, 6.07) is 0.00171. The highest BCUT2D eigenvalue weighted by Gasteiger charge is 2.41. The molecule has 3 nitrogen and oxygen atoms in total. The van der Waals surface area contributed by atoms with Gasteiger partial charge in [0.2, 0.25) is 5.91 Å². The van der Waals surface area contributed by atoms with E-state index in [4.69, 9.17) is 0 Å². The maximum atomic E-state index is 11.7. The van der Waals surface area contributed by atoms with Crippen molar-refractivity contribution in [2.75, 3.05) is 18.1 Å². The Balaban J connectivity index is 2.06. The molecular weight excluding hydrogens is 208 g/mol. The Morgan fingerprint density at radius 3 is 2.67 bits per heavy atom. The summed E-state index contributed by atoms with van der Waals surface area (Å²) in [4.78, 5) is 11.7. The molecule has 0 aromatic carbocycles. The van der Waals surface area contributed by atoms with Crippen LogP contribution < -0.4 is 10.6 Å². The van der Waals surface area contributed by atoms with Gasteiger partial charge in [-0.15, -0.1) is 0 Å². The molecule has 0 aliphatic carbocycles. The second kappa shape index (κ2) is 4.34. The van der Waals surface area contributed by atoms with Crippen LogP contribution in [0.1, 0.15) is 26.7 Å². The molecule has 0 bridgehead atoms. The maximum Gasteiger partial charge on any atom is 0.237 e. The van der Waals surface area contributed by atoms with Crippen molar-refractivity contribution in [1.29, 1.82) is 0 Å². The summed E-state index contributed by atoms with van der Waals surface area (Å²) >= 11 is 2.02. The second-order valence-electron chi connectivity index (χ2n) is 4.98. The zero-order valence-corrected chi connectivity index (χ0v) is 10.3. The normalized spacial score (nSPS) is 30.6. The Morgan fingerprint density at radius 1 is 1.40 bits per heavy atom. The van der Waals surface area contributed by atoms with Gasteiger partial charge >= 0.3 is 0 Å². The molecule has 2 rings (SSSR count). The molecule has 2 aliphatic rings. The van der Waals surface area contributed by atoms with Crippen LogP contribution in [-0.2, 0) is 4.79 Å². The minimum Gasteiger partial charge on any atom is -0.353 e. The third-order valence-corrected chi connectivity index (χ3v) is 4.45. The van der Waals surface area contributed by atoms with Crippen LogP contribution in [-0.4, -0.2) is 35.5 Å². The van der Waals surface area contributed by atoms with E-state index in [2.05, 4.69) is 24.5 Å². The topological polar surface area (TPSA) is 41.1 Å². The molecule has 0 unspecified atom stereocenters. The number of thioether (sulfide) groups is 1. The first-order valence-electron chi connectivity index (χ1n) is 5.76. The number of amides is 1. The number of hydrogen-bond donors (Lipinski definition) is 2. The van der Waals surface area contributed by atoms with Gasteiger partial charge < -0.3 is 5.32 Å². The van der Waals surface area contributed by atoms with E-state index in [0.29, 0.717) is 5.92 Å². The average Bonchev–Trinajstić information content (AvgIpc) is 2.23. The Bertz CT molecular complexity index is 249. The molecule has 4 heteroatoms. The van der Waals surface area contributed by atoms with Gasteiger partial charge in [-0.25, -0.2) is 0 Å². The van der Waals surface area contributed by atoms with Gasteiger partial charge in [-0.2, -0.15) is 11.8 Å². The summed E-state index contributed by atoms with van der Waals surface area (Å²) < 4.78 is 0. The lowest BCUT2D eigenvalue weighted by atomic mass is 9.86. The largest absolute Gasteiger partial charge is 0.353 e. The van der Waals surface area contributed by atoms with Crippen LogP contribution in [0.5, 0.6) is 0 Å². The zero-order chi connectivity index (χ0) is 10.9. The predicted octanol–water partition coefficient (Wildman–Crippen LogP) is 0.996. The molecule has 2 fully saturated rings. The number of carbonyl (C=O) groups excluding carboxylic acids is 1. The minimum absolute atomic E-state index is 0.00171. The number of hydrogen-bond acceptors (Lipinski definition) is 3. The molecule has 2 aliphatic heterocycles. The molecule has 15 heavy (non-hydrogen) atoms. The van der Waals surface area contributed by atoms with Crippen molar-refractivity contribution < 1.29 is 4.79 Å². The summed E-state index contributed by atoms with van der Waals surface area (Å²) in [5.74, 6) is 2.98. The first-order valence-corrected chi connectivity index (χ1v) is 6.92. The Hall–Kier alpha value is -0.220. The fourth-order valence-corrected chi connectivity index (χ4v) is 3.64. The maximum absolute atomic E-state index is 11.7. The molecule has 86 valence electrons. The van der Waals surface area contributed by atoms with Crippen LogP contribution in [0.3, 0.4) is 0 Å². The van der Waals surface area contributed by atoms with Gasteiger partial charge in [0.05, 0.1) is 6.04 Å². The summed E-state index contributed by atoms with van der Waals surface area (Å²) in [7, 11) is 0. The predicted molar refractivity (Wildman–Crippen MR) is 64.1 cm³/mol. The van der Waals surface area contributed by atoms with E-state index in [1.54, 1.807) is 0 Å². The summed E-state index contributed by atoms with van der Waals surface area (Å²) in [5.41, 5.74) is 0.189. The lowest BCUT2D eigenvalue weighted by Crippen LogP contribution is -2.68. The van der Waals surface area contributed by atoms with Crippen molar-refractivity contribution >= 4 is 17.7 Å². The van der Waals surface area contributed by atoms with Crippen molar-refractivity contribution in [2.45, 2.75) is 38.3 Å². The molecule has 2 saturated heterocycles. The highest BCUT2D eigenvalue weighted by atomic mass is 32.2. The van der Waals surface area contributed by atoms with Gasteiger partial charge in [0, 0.05) is 12.1 Å². The lowest BCUT2D eigenvalue weighted by molar-refractivity contribution is -0.127. The van der Waals surface area contributed by atoms with Crippen LogP contribution >= 0.6 is 11.8 Å². The highest BCUT2D eigenvalue weighted by Crippen LogP contribution is 2.29. The monoisotopic (exact) mass is 228 g/mol. The van der Waals surface area contributed by atoms with Gasteiger partial charge in [0.25, 0.3) is 0 Å². The molecule has 1 spiro atoms. The first-order chi connectivity index (χ1) is 7.13. The van der Waals surface area contributed by atoms with Crippen molar-refractivity contribution in [1.82, 2.24) is 10.6 Å². The summed E-state index contributed by atoms with van der Waals surface area (Å²) in [6.45, 7) is 5.03.